The van der Waals surface area contributed by atoms with Crippen LogP contribution >= 0.6 is 17.0 Å². The Bertz CT molecular complexity index is 664. The van der Waals surface area contributed by atoms with Gasteiger partial charge in [-0.2, -0.15) is 0 Å². The van der Waals surface area contributed by atoms with E-state index >= 15 is 0 Å². The van der Waals surface area contributed by atoms with Crippen molar-refractivity contribution in [2.75, 3.05) is 0 Å². The summed E-state index contributed by atoms with van der Waals surface area (Å²) in [5.41, 5.74) is 1.69. The number of rotatable bonds is 0. The Kier molecular flexibility index (Phi) is 4.06. The van der Waals surface area contributed by atoms with E-state index in [0.29, 0.717) is 23.5 Å². The molecule has 0 aromatic heterocycles. The highest BCUT2D eigenvalue weighted by molar-refractivity contribution is 8.93. The first-order valence-electron chi connectivity index (χ1n) is 8.50. The van der Waals surface area contributed by atoms with Crippen LogP contribution in [0.5, 0.6) is 5.75 Å². The van der Waals surface area contributed by atoms with Gasteiger partial charge in [-0.1, -0.05) is 18.9 Å². The van der Waals surface area contributed by atoms with Crippen molar-refractivity contribution in [3.63, 3.8) is 0 Å². The van der Waals surface area contributed by atoms with Crippen LogP contribution in [0, 0.1) is 29.6 Å². The number of phenolic OH excluding ortho intramolecular Hbond substituents is 1. The zero-order valence-electron chi connectivity index (χ0n) is 13.6. The molecule has 0 spiro atoms. The molecule has 23 heavy (non-hydrogen) atoms. The molecule has 1 aromatic rings. The number of aryl methyl sites for hydroxylation is 1. The number of benzene rings is 1. The molecule has 124 valence electrons. The number of hydrogen-bond acceptors (Lipinski definition) is 2. The van der Waals surface area contributed by atoms with Crippen molar-refractivity contribution in [1.29, 1.82) is 0 Å². The Morgan fingerprint density at radius 3 is 2.74 bits per heavy atom. The van der Waals surface area contributed by atoms with Gasteiger partial charge < -0.3 is 10.2 Å². The predicted molar refractivity (Wildman–Crippen MR) is 96.8 cm³/mol. The normalized spacial score (nSPS) is 41.0. The third kappa shape index (κ3) is 2.18. The smallest absolute Gasteiger partial charge is 0.130 e. The lowest BCUT2D eigenvalue weighted by atomic mass is 9.53. The second-order valence-electron chi connectivity index (χ2n) is 7.80. The van der Waals surface area contributed by atoms with Crippen molar-refractivity contribution < 1.29 is 10.2 Å². The summed E-state index contributed by atoms with van der Waals surface area (Å²) in [6, 6.07) is 5.87. The molecule has 0 saturated heterocycles. The van der Waals surface area contributed by atoms with Crippen LogP contribution < -0.4 is 0 Å². The van der Waals surface area contributed by atoms with Crippen molar-refractivity contribution in [2.45, 2.75) is 57.0 Å². The molecule has 0 heterocycles. The third-order valence-corrected chi connectivity index (χ3v) is 7.10. The van der Waals surface area contributed by atoms with Crippen molar-refractivity contribution in [3.05, 3.63) is 29.3 Å². The number of terminal acetylenes is 1. The molecule has 2 fully saturated rings. The van der Waals surface area contributed by atoms with E-state index in [9.17, 15) is 10.2 Å². The minimum atomic E-state index is -0.919. The van der Waals surface area contributed by atoms with Crippen LogP contribution in [-0.4, -0.2) is 15.8 Å². The lowest BCUT2D eigenvalue weighted by Gasteiger charge is -2.52. The van der Waals surface area contributed by atoms with Crippen LogP contribution in [0.3, 0.4) is 0 Å². The van der Waals surface area contributed by atoms with Crippen molar-refractivity contribution in [3.8, 4) is 18.1 Å². The maximum Gasteiger partial charge on any atom is 0.130 e. The van der Waals surface area contributed by atoms with E-state index in [4.69, 9.17) is 6.42 Å². The summed E-state index contributed by atoms with van der Waals surface area (Å²) in [6.45, 7) is 2.22. The van der Waals surface area contributed by atoms with Crippen molar-refractivity contribution in [1.82, 2.24) is 0 Å². The summed E-state index contributed by atoms with van der Waals surface area (Å²) in [5, 5.41) is 20.6. The predicted octanol–water partition coefficient (Wildman–Crippen LogP) is 4.19. The SMILES string of the molecule is Br.C#C[C@]1(O)CC[C@H]2[C@@H]3CCc4cc(O)ccc4[C@H]3CC[C@@]21C. The molecular weight excluding hydrogens is 352 g/mol. The fraction of sp³-hybridized carbons (Fsp3) is 0.600. The van der Waals surface area contributed by atoms with Gasteiger partial charge in [-0.05, 0) is 79.5 Å². The third-order valence-electron chi connectivity index (χ3n) is 7.10. The van der Waals surface area contributed by atoms with Crippen LogP contribution in [0.2, 0.25) is 0 Å². The van der Waals surface area contributed by atoms with Gasteiger partial charge in [0.1, 0.15) is 11.4 Å². The first kappa shape index (κ1) is 16.9. The van der Waals surface area contributed by atoms with Crippen molar-refractivity contribution >= 4 is 17.0 Å². The van der Waals surface area contributed by atoms with Gasteiger partial charge in [0.05, 0.1) is 0 Å². The summed E-state index contributed by atoms with van der Waals surface area (Å²) in [5.74, 6) is 4.82. The fourth-order valence-electron chi connectivity index (χ4n) is 5.82. The van der Waals surface area contributed by atoms with Gasteiger partial charge in [0, 0.05) is 5.41 Å². The average Bonchev–Trinajstić information content (AvgIpc) is 2.79. The zero-order valence-corrected chi connectivity index (χ0v) is 15.3. The summed E-state index contributed by atoms with van der Waals surface area (Å²) in [6.07, 6.45) is 11.8. The summed E-state index contributed by atoms with van der Waals surface area (Å²) in [7, 11) is 0. The minimum absolute atomic E-state index is 0. The molecule has 5 atom stereocenters. The highest BCUT2D eigenvalue weighted by Gasteiger charge is 2.61. The molecule has 2 nitrogen and oxygen atoms in total. The molecule has 0 aliphatic heterocycles. The molecule has 0 unspecified atom stereocenters. The van der Waals surface area contributed by atoms with Gasteiger partial charge in [0.15, 0.2) is 0 Å². The number of phenols is 1. The maximum absolute atomic E-state index is 10.9. The molecule has 3 aliphatic carbocycles. The number of fused-ring (bicyclic) bond motifs is 5. The Balaban J connectivity index is 0.00000156. The Morgan fingerprint density at radius 1 is 1.22 bits per heavy atom. The first-order valence-corrected chi connectivity index (χ1v) is 8.50. The fourth-order valence-corrected chi connectivity index (χ4v) is 5.82. The van der Waals surface area contributed by atoms with Gasteiger partial charge in [-0.3, -0.25) is 0 Å². The van der Waals surface area contributed by atoms with Gasteiger partial charge in [0.25, 0.3) is 0 Å². The van der Waals surface area contributed by atoms with E-state index in [-0.39, 0.29) is 22.4 Å². The molecule has 3 heteroatoms. The molecule has 0 amide bonds. The quantitative estimate of drug-likeness (QED) is 0.666. The first-order chi connectivity index (χ1) is 10.5. The molecule has 4 rings (SSSR count). The van der Waals surface area contributed by atoms with E-state index in [1.165, 1.54) is 11.1 Å². The molecule has 0 bridgehead atoms. The summed E-state index contributed by atoms with van der Waals surface area (Å²) >= 11 is 0. The van der Waals surface area contributed by atoms with Crippen LogP contribution in [0.25, 0.3) is 0 Å². The monoisotopic (exact) mass is 376 g/mol. The second kappa shape index (κ2) is 5.53. The minimum Gasteiger partial charge on any atom is -0.508 e. The zero-order chi connectivity index (χ0) is 15.5. The standard InChI is InChI=1S/C20H24O2.BrH/c1-3-20(22)11-9-18-17-6-4-13-12-14(21)5-7-15(13)16(17)8-10-19(18,20)2;/h1,5,7,12,16-18,21-22H,4,6,8-11H2,2H3;1H/t16-,17-,18+,19+,20+;/m1./s1. The molecule has 2 saturated carbocycles. The largest absolute Gasteiger partial charge is 0.508 e. The molecule has 2 N–H and O–H groups in total. The molecule has 0 radical (unpaired) electrons. The van der Waals surface area contributed by atoms with E-state index in [2.05, 4.69) is 18.9 Å². The van der Waals surface area contributed by atoms with Gasteiger partial charge >= 0.3 is 0 Å². The Morgan fingerprint density at radius 2 is 2.00 bits per heavy atom. The molecule has 1 aromatic carbocycles. The van der Waals surface area contributed by atoms with E-state index in [1.54, 1.807) is 0 Å². The van der Waals surface area contributed by atoms with Crippen LogP contribution in [-0.2, 0) is 6.42 Å². The van der Waals surface area contributed by atoms with Crippen LogP contribution in [0.4, 0.5) is 0 Å². The lowest BCUT2D eigenvalue weighted by molar-refractivity contribution is -0.0646. The topological polar surface area (TPSA) is 40.5 Å². The second-order valence-corrected chi connectivity index (χ2v) is 7.80. The van der Waals surface area contributed by atoms with Crippen LogP contribution in [0.15, 0.2) is 18.2 Å². The average molecular weight is 377 g/mol. The van der Waals surface area contributed by atoms with Gasteiger partial charge in [-0.25, -0.2) is 0 Å². The van der Waals surface area contributed by atoms with E-state index in [0.717, 1.165) is 38.5 Å². The summed E-state index contributed by atoms with van der Waals surface area (Å²) in [4.78, 5) is 0. The van der Waals surface area contributed by atoms with E-state index < -0.39 is 5.60 Å². The number of aliphatic hydroxyl groups is 1. The Labute approximate surface area is 149 Å². The number of hydrogen-bond donors (Lipinski definition) is 2. The highest BCUT2D eigenvalue weighted by Crippen LogP contribution is 2.64. The molecular formula is C20H25BrO2. The maximum atomic E-state index is 10.9. The van der Waals surface area contributed by atoms with Crippen molar-refractivity contribution in [2.24, 2.45) is 17.3 Å². The van der Waals surface area contributed by atoms with Gasteiger partial charge in [-0.15, -0.1) is 23.4 Å². The number of aromatic hydroxyl groups is 1. The van der Waals surface area contributed by atoms with Crippen LogP contribution in [0.1, 0.15) is 56.1 Å². The summed E-state index contributed by atoms with van der Waals surface area (Å²) < 4.78 is 0. The molecule has 3 aliphatic rings. The highest BCUT2D eigenvalue weighted by atomic mass is 79.9. The Hall–Kier alpha value is -0.980. The van der Waals surface area contributed by atoms with Gasteiger partial charge in [0.2, 0.25) is 0 Å². The van der Waals surface area contributed by atoms with E-state index in [1.807, 2.05) is 12.1 Å². The number of halogens is 1. The lowest BCUT2D eigenvalue weighted by Crippen LogP contribution is -2.50.